The Kier molecular flexibility index (Phi) is 3.86. The molecular formula is C19H18ClFN6. The molecule has 5 rings (SSSR count). The van der Waals surface area contributed by atoms with Crippen LogP contribution in [0.3, 0.4) is 0 Å². The summed E-state index contributed by atoms with van der Waals surface area (Å²) in [5, 5.41) is 9.78. The molecule has 0 bridgehead atoms. The molecule has 8 heteroatoms. The summed E-state index contributed by atoms with van der Waals surface area (Å²) in [6.45, 7) is 2.38. The Balaban J connectivity index is 1.75. The fourth-order valence-corrected chi connectivity index (χ4v) is 4.23. The highest BCUT2D eigenvalue weighted by atomic mass is 35.5. The van der Waals surface area contributed by atoms with Gasteiger partial charge >= 0.3 is 0 Å². The number of hydrogen-bond acceptors (Lipinski definition) is 4. The molecule has 0 unspecified atom stereocenters. The van der Waals surface area contributed by atoms with Crippen molar-refractivity contribution in [2.75, 3.05) is 0 Å². The van der Waals surface area contributed by atoms with E-state index in [-0.39, 0.29) is 6.04 Å². The summed E-state index contributed by atoms with van der Waals surface area (Å²) in [5.41, 5.74) is 3.46. The summed E-state index contributed by atoms with van der Waals surface area (Å²) in [4.78, 5) is 9.33. The molecule has 1 saturated carbocycles. The largest absolute Gasteiger partial charge is 0.323 e. The maximum Gasteiger partial charge on any atom is 0.132 e. The van der Waals surface area contributed by atoms with E-state index in [9.17, 15) is 4.39 Å². The second kappa shape index (κ2) is 6.27. The first-order valence-electron chi connectivity index (χ1n) is 9.04. The molecule has 6 nitrogen and oxygen atoms in total. The van der Waals surface area contributed by atoms with Crippen molar-refractivity contribution in [2.45, 2.75) is 44.9 Å². The van der Waals surface area contributed by atoms with Crippen LogP contribution in [0.5, 0.6) is 0 Å². The lowest BCUT2D eigenvalue weighted by Crippen LogP contribution is -2.14. The van der Waals surface area contributed by atoms with Crippen LogP contribution in [0, 0.1) is 6.92 Å². The molecule has 3 heterocycles. The second-order valence-electron chi connectivity index (χ2n) is 7.17. The lowest BCUT2D eigenvalue weighted by Gasteiger charge is -2.17. The van der Waals surface area contributed by atoms with Gasteiger partial charge in [0.1, 0.15) is 24.1 Å². The molecule has 2 atom stereocenters. The fraction of sp³-hybridized carbons (Fsp3) is 0.368. The van der Waals surface area contributed by atoms with E-state index >= 15 is 0 Å². The predicted molar refractivity (Wildman–Crippen MR) is 102 cm³/mol. The molecule has 1 aromatic carbocycles. The van der Waals surface area contributed by atoms with E-state index in [0.717, 1.165) is 39.9 Å². The third kappa shape index (κ3) is 2.86. The Hall–Kier alpha value is -2.54. The van der Waals surface area contributed by atoms with Crippen LogP contribution in [0.2, 0.25) is 5.02 Å². The minimum atomic E-state index is -0.773. The maximum absolute atomic E-state index is 14.0. The zero-order valence-electron chi connectivity index (χ0n) is 14.8. The molecule has 0 spiro atoms. The molecular weight excluding hydrogens is 367 g/mol. The minimum absolute atomic E-state index is 0.0641. The Labute approximate surface area is 160 Å². The van der Waals surface area contributed by atoms with Crippen LogP contribution in [0.25, 0.3) is 21.9 Å². The van der Waals surface area contributed by atoms with Crippen LogP contribution < -0.4 is 0 Å². The first-order chi connectivity index (χ1) is 13.1. The quantitative estimate of drug-likeness (QED) is 0.529. The zero-order chi connectivity index (χ0) is 18.5. The summed E-state index contributed by atoms with van der Waals surface area (Å²) in [6.07, 6.45) is 4.75. The first kappa shape index (κ1) is 16.6. The van der Waals surface area contributed by atoms with Crippen molar-refractivity contribution < 1.29 is 4.39 Å². The van der Waals surface area contributed by atoms with Crippen molar-refractivity contribution in [3.63, 3.8) is 0 Å². The molecule has 1 fully saturated rings. The topological polar surface area (TPSA) is 61.4 Å². The molecule has 0 aliphatic heterocycles. The van der Waals surface area contributed by atoms with Gasteiger partial charge in [-0.15, -0.1) is 5.10 Å². The normalized spacial score (nSPS) is 20.1. The number of rotatable bonds is 3. The first-order valence-corrected chi connectivity index (χ1v) is 9.42. The summed E-state index contributed by atoms with van der Waals surface area (Å²) < 4.78 is 17.9. The predicted octanol–water partition coefficient (Wildman–Crippen LogP) is 4.25. The summed E-state index contributed by atoms with van der Waals surface area (Å²) >= 11 is 6.25. The van der Waals surface area contributed by atoms with Crippen molar-refractivity contribution in [3.8, 4) is 0 Å². The lowest BCUT2D eigenvalue weighted by atomic mass is 10.1. The SMILES string of the molecule is Cc1cn(Cc2nc3cnc4ccc(Cl)cc4c3n2[C@H]2CC[C@@H](F)C2)nn1. The lowest BCUT2D eigenvalue weighted by molar-refractivity contribution is 0.330. The maximum atomic E-state index is 14.0. The van der Waals surface area contributed by atoms with Crippen LogP contribution in [-0.4, -0.2) is 35.7 Å². The zero-order valence-corrected chi connectivity index (χ0v) is 15.6. The van der Waals surface area contributed by atoms with Gasteiger partial charge in [0.15, 0.2) is 0 Å². The van der Waals surface area contributed by atoms with Crippen molar-refractivity contribution in [1.29, 1.82) is 0 Å². The van der Waals surface area contributed by atoms with Crippen molar-refractivity contribution in [2.24, 2.45) is 0 Å². The number of hydrogen-bond donors (Lipinski definition) is 0. The van der Waals surface area contributed by atoms with Gasteiger partial charge in [0.2, 0.25) is 0 Å². The molecule has 4 aromatic rings. The van der Waals surface area contributed by atoms with Gasteiger partial charge in [0.25, 0.3) is 0 Å². The number of halogens is 2. The van der Waals surface area contributed by atoms with Crippen LogP contribution >= 0.6 is 11.6 Å². The van der Waals surface area contributed by atoms with E-state index in [2.05, 4.69) is 19.9 Å². The number of aryl methyl sites for hydroxylation is 1. The van der Waals surface area contributed by atoms with Gasteiger partial charge in [-0.25, -0.2) is 14.1 Å². The monoisotopic (exact) mass is 384 g/mol. The van der Waals surface area contributed by atoms with Gasteiger partial charge < -0.3 is 4.57 Å². The van der Waals surface area contributed by atoms with Crippen LogP contribution in [0.1, 0.15) is 36.8 Å². The average Bonchev–Trinajstić information content (AvgIpc) is 3.33. The average molecular weight is 385 g/mol. The highest BCUT2D eigenvalue weighted by Crippen LogP contribution is 2.37. The molecule has 0 radical (unpaired) electrons. The second-order valence-corrected chi connectivity index (χ2v) is 7.61. The number of pyridine rings is 1. The molecule has 138 valence electrons. The standard InChI is InChI=1S/C19H18ClFN6/c1-11-9-26(25-24-11)10-18-23-17-8-22-16-5-2-12(20)6-15(16)19(17)27(18)14-4-3-13(21)7-14/h2,5-6,8-9,13-14H,3-4,7,10H2,1H3/t13-,14+/m1/s1. The highest BCUT2D eigenvalue weighted by molar-refractivity contribution is 6.31. The third-order valence-corrected chi connectivity index (χ3v) is 5.45. The smallest absolute Gasteiger partial charge is 0.132 e. The van der Waals surface area contributed by atoms with Crippen LogP contribution in [0.4, 0.5) is 4.39 Å². The van der Waals surface area contributed by atoms with Crippen molar-refractivity contribution >= 4 is 33.5 Å². The van der Waals surface area contributed by atoms with Gasteiger partial charge in [0.05, 0.1) is 22.9 Å². The van der Waals surface area contributed by atoms with E-state index in [1.165, 1.54) is 0 Å². The molecule has 1 aliphatic rings. The number of imidazole rings is 1. The molecule has 0 amide bonds. The van der Waals surface area contributed by atoms with E-state index < -0.39 is 6.17 Å². The summed E-state index contributed by atoms with van der Waals surface area (Å²) in [7, 11) is 0. The number of alkyl halides is 1. The van der Waals surface area contributed by atoms with E-state index in [1.807, 2.05) is 31.3 Å². The molecule has 27 heavy (non-hydrogen) atoms. The van der Waals surface area contributed by atoms with Crippen molar-refractivity contribution in [3.05, 3.63) is 47.1 Å². The van der Waals surface area contributed by atoms with Gasteiger partial charge in [-0.2, -0.15) is 0 Å². The highest BCUT2D eigenvalue weighted by Gasteiger charge is 2.29. The number of benzene rings is 1. The Morgan fingerprint density at radius 3 is 2.89 bits per heavy atom. The molecule has 0 N–H and O–H groups in total. The number of aromatic nitrogens is 6. The Bertz CT molecular complexity index is 1150. The van der Waals surface area contributed by atoms with Gasteiger partial charge in [-0.1, -0.05) is 16.8 Å². The molecule has 0 saturated heterocycles. The summed E-state index contributed by atoms with van der Waals surface area (Å²) in [5.74, 6) is 0.836. The molecule has 1 aliphatic carbocycles. The fourth-order valence-electron chi connectivity index (χ4n) is 4.06. The van der Waals surface area contributed by atoms with E-state index in [1.54, 1.807) is 10.9 Å². The minimum Gasteiger partial charge on any atom is -0.323 e. The summed E-state index contributed by atoms with van der Waals surface area (Å²) in [6, 6.07) is 5.71. The van der Waals surface area contributed by atoms with Crippen LogP contribution in [0.15, 0.2) is 30.6 Å². The Morgan fingerprint density at radius 1 is 1.26 bits per heavy atom. The van der Waals surface area contributed by atoms with Crippen LogP contribution in [-0.2, 0) is 6.54 Å². The number of nitrogens with zero attached hydrogens (tertiary/aromatic N) is 6. The van der Waals surface area contributed by atoms with Crippen molar-refractivity contribution in [1.82, 2.24) is 29.5 Å². The van der Waals surface area contributed by atoms with E-state index in [0.29, 0.717) is 24.4 Å². The van der Waals surface area contributed by atoms with E-state index in [4.69, 9.17) is 16.6 Å². The Morgan fingerprint density at radius 2 is 2.15 bits per heavy atom. The number of fused-ring (bicyclic) bond motifs is 3. The molecule has 3 aromatic heterocycles. The third-order valence-electron chi connectivity index (χ3n) is 5.21. The van der Waals surface area contributed by atoms with Gasteiger partial charge in [-0.3, -0.25) is 4.98 Å². The van der Waals surface area contributed by atoms with Gasteiger partial charge in [-0.05, 0) is 44.4 Å². The van der Waals surface area contributed by atoms with Gasteiger partial charge in [0, 0.05) is 22.6 Å².